The van der Waals surface area contributed by atoms with Gasteiger partial charge in [-0.05, 0) is 25.4 Å². The first-order valence-electron chi connectivity index (χ1n) is 5.33. The Labute approximate surface area is 82.3 Å². The van der Waals surface area contributed by atoms with Gasteiger partial charge in [-0.1, -0.05) is 20.8 Å². The first-order chi connectivity index (χ1) is 6.12. The molecule has 0 aromatic heterocycles. The highest BCUT2D eigenvalue weighted by atomic mass is 16.5. The predicted octanol–water partition coefficient (Wildman–Crippen LogP) is 2.00. The zero-order valence-electron chi connectivity index (χ0n) is 9.47. The van der Waals surface area contributed by atoms with Gasteiger partial charge in [-0.3, -0.25) is 0 Å². The quantitative estimate of drug-likeness (QED) is 0.667. The molecule has 1 fully saturated rings. The average Bonchev–Trinajstić information content (AvgIpc) is 2.10. The Morgan fingerprint density at radius 2 is 2.23 bits per heavy atom. The molecule has 0 unspecified atom stereocenters. The van der Waals surface area contributed by atoms with Gasteiger partial charge >= 0.3 is 0 Å². The highest BCUT2D eigenvalue weighted by Crippen LogP contribution is 2.34. The van der Waals surface area contributed by atoms with Crippen LogP contribution in [0.2, 0.25) is 0 Å². The Morgan fingerprint density at radius 1 is 1.54 bits per heavy atom. The molecule has 0 bridgehead atoms. The summed E-state index contributed by atoms with van der Waals surface area (Å²) >= 11 is 0. The molecule has 0 N–H and O–H groups in total. The maximum absolute atomic E-state index is 5.32. The summed E-state index contributed by atoms with van der Waals surface area (Å²) < 4.78 is 5.32. The molecular weight excluding hydrogens is 162 g/mol. The van der Waals surface area contributed by atoms with Crippen LogP contribution < -0.4 is 0 Å². The van der Waals surface area contributed by atoms with Crippen LogP contribution in [0.3, 0.4) is 0 Å². The van der Waals surface area contributed by atoms with Gasteiger partial charge in [-0.2, -0.15) is 0 Å². The largest absolute Gasteiger partial charge is 0.384 e. The zero-order chi connectivity index (χ0) is 9.90. The average molecular weight is 185 g/mol. The molecule has 1 aliphatic heterocycles. The first kappa shape index (κ1) is 11.0. The van der Waals surface area contributed by atoms with Crippen LogP contribution in [0.5, 0.6) is 0 Å². The fourth-order valence-corrected chi connectivity index (χ4v) is 2.26. The molecule has 2 heteroatoms. The van der Waals surface area contributed by atoms with Crippen molar-refractivity contribution < 1.29 is 4.74 Å². The lowest BCUT2D eigenvalue weighted by atomic mass is 9.74. The van der Waals surface area contributed by atoms with Gasteiger partial charge in [0.1, 0.15) is 0 Å². The van der Waals surface area contributed by atoms with Crippen LogP contribution >= 0.6 is 0 Å². The maximum atomic E-state index is 5.32. The fraction of sp³-hybridized carbons (Fsp3) is 1.00. The van der Waals surface area contributed by atoms with E-state index in [0.29, 0.717) is 5.41 Å². The van der Waals surface area contributed by atoms with Crippen molar-refractivity contribution in [2.45, 2.75) is 27.2 Å². The molecule has 1 rings (SSSR count). The third-order valence-corrected chi connectivity index (χ3v) is 3.57. The van der Waals surface area contributed by atoms with Gasteiger partial charge in [-0.25, -0.2) is 0 Å². The van der Waals surface area contributed by atoms with Crippen LogP contribution in [-0.2, 0) is 4.74 Å². The molecule has 0 aromatic carbocycles. The third-order valence-electron chi connectivity index (χ3n) is 3.57. The second-order valence-corrected chi connectivity index (χ2v) is 4.65. The van der Waals surface area contributed by atoms with Crippen molar-refractivity contribution in [2.24, 2.45) is 11.3 Å². The van der Waals surface area contributed by atoms with Crippen LogP contribution in [-0.4, -0.2) is 38.3 Å². The van der Waals surface area contributed by atoms with Gasteiger partial charge in [0.05, 0.1) is 6.61 Å². The number of ether oxygens (including phenoxy) is 1. The van der Waals surface area contributed by atoms with E-state index in [4.69, 9.17) is 4.74 Å². The molecule has 2 nitrogen and oxygen atoms in total. The van der Waals surface area contributed by atoms with E-state index in [1.54, 1.807) is 0 Å². The van der Waals surface area contributed by atoms with E-state index >= 15 is 0 Å². The highest BCUT2D eigenvalue weighted by molar-refractivity contribution is 4.87. The van der Waals surface area contributed by atoms with E-state index in [1.807, 2.05) is 7.11 Å². The first-order valence-corrected chi connectivity index (χ1v) is 5.33. The fourth-order valence-electron chi connectivity index (χ4n) is 2.26. The summed E-state index contributed by atoms with van der Waals surface area (Å²) in [5.74, 6) is 0.787. The SMILES string of the molecule is CCN1CC[C@H](C)[C@](C)(COC)C1. The number of likely N-dealkylation sites (tertiary alicyclic amines) is 1. The van der Waals surface area contributed by atoms with E-state index in [1.165, 1.54) is 26.1 Å². The van der Waals surface area contributed by atoms with Crippen LogP contribution in [0.1, 0.15) is 27.2 Å². The van der Waals surface area contributed by atoms with E-state index in [2.05, 4.69) is 25.7 Å². The zero-order valence-corrected chi connectivity index (χ0v) is 9.47. The molecule has 0 saturated carbocycles. The second kappa shape index (κ2) is 4.43. The number of nitrogens with zero attached hydrogens (tertiary/aromatic N) is 1. The van der Waals surface area contributed by atoms with Crippen molar-refractivity contribution in [1.82, 2.24) is 4.90 Å². The predicted molar refractivity (Wildman–Crippen MR) is 55.9 cm³/mol. The summed E-state index contributed by atoms with van der Waals surface area (Å²) in [6.07, 6.45) is 1.31. The Hall–Kier alpha value is -0.0800. The molecule has 0 aliphatic carbocycles. The molecule has 1 saturated heterocycles. The summed E-state index contributed by atoms with van der Waals surface area (Å²) in [5, 5.41) is 0. The van der Waals surface area contributed by atoms with Gasteiger partial charge < -0.3 is 9.64 Å². The minimum absolute atomic E-state index is 0.364. The van der Waals surface area contributed by atoms with Crippen molar-refractivity contribution in [2.75, 3.05) is 33.4 Å². The highest BCUT2D eigenvalue weighted by Gasteiger charge is 2.36. The number of hydrogen-bond donors (Lipinski definition) is 0. The monoisotopic (exact) mass is 185 g/mol. The lowest BCUT2D eigenvalue weighted by Crippen LogP contribution is -2.48. The maximum Gasteiger partial charge on any atom is 0.0530 e. The minimum Gasteiger partial charge on any atom is -0.384 e. The van der Waals surface area contributed by atoms with E-state index in [-0.39, 0.29) is 0 Å². The smallest absolute Gasteiger partial charge is 0.0530 e. The Balaban J connectivity index is 2.57. The number of methoxy groups -OCH3 is 1. The van der Waals surface area contributed by atoms with Gasteiger partial charge in [0.2, 0.25) is 0 Å². The molecule has 1 aliphatic rings. The molecule has 0 spiro atoms. The normalized spacial score (nSPS) is 36.5. The number of piperidine rings is 1. The van der Waals surface area contributed by atoms with Crippen molar-refractivity contribution in [3.05, 3.63) is 0 Å². The van der Waals surface area contributed by atoms with Gasteiger partial charge in [-0.15, -0.1) is 0 Å². The standard InChI is InChI=1S/C11H23NO/c1-5-12-7-6-10(2)11(3,8-12)9-13-4/h10H,5-9H2,1-4H3/t10-,11-/m0/s1. The van der Waals surface area contributed by atoms with Crippen molar-refractivity contribution >= 4 is 0 Å². The van der Waals surface area contributed by atoms with E-state index < -0.39 is 0 Å². The summed E-state index contributed by atoms with van der Waals surface area (Å²) in [4.78, 5) is 2.53. The number of rotatable bonds is 3. The molecule has 1 heterocycles. The lowest BCUT2D eigenvalue weighted by Gasteiger charge is -2.44. The van der Waals surface area contributed by atoms with Crippen molar-refractivity contribution in [1.29, 1.82) is 0 Å². The van der Waals surface area contributed by atoms with Gasteiger partial charge in [0, 0.05) is 19.1 Å². The number of hydrogen-bond acceptors (Lipinski definition) is 2. The van der Waals surface area contributed by atoms with E-state index in [9.17, 15) is 0 Å². The summed E-state index contributed by atoms with van der Waals surface area (Å²) in [5.41, 5.74) is 0.364. The summed E-state index contributed by atoms with van der Waals surface area (Å²) in [6.45, 7) is 11.5. The van der Waals surface area contributed by atoms with Crippen LogP contribution in [0.15, 0.2) is 0 Å². The summed E-state index contributed by atoms with van der Waals surface area (Å²) in [6, 6.07) is 0. The van der Waals surface area contributed by atoms with Gasteiger partial charge in [0.15, 0.2) is 0 Å². The van der Waals surface area contributed by atoms with Crippen molar-refractivity contribution in [3.63, 3.8) is 0 Å². The Bertz CT molecular complexity index is 160. The molecular formula is C11H23NO. The molecule has 0 aromatic rings. The molecule has 0 amide bonds. The van der Waals surface area contributed by atoms with Crippen molar-refractivity contribution in [3.8, 4) is 0 Å². The van der Waals surface area contributed by atoms with E-state index in [0.717, 1.165) is 12.5 Å². The molecule has 78 valence electrons. The lowest BCUT2D eigenvalue weighted by molar-refractivity contribution is -0.0122. The van der Waals surface area contributed by atoms with Crippen LogP contribution in [0, 0.1) is 11.3 Å². The van der Waals surface area contributed by atoms with Crippen LogP contribution in [0.4, 0.5) is 0 Å². The summed E-state index contributed by atoms with van der Waals surface area (Å²) in [7, 11) is 1.81. The topological polar surface area (TPSA) is 12.5 Å². The van der Waals surface area contributed by atoms with Crippen LogP contribution in [0.25, 0.3) is 0 Å². The van der Waals surface area contributed by atoms with Gasteiger partial charge in [0.25, 0.3) is 0 Å². The molecule has 0 radical (unpaired) electrons. The minimum atomic E-state index is 0.364. The Morgan fingerprint density at radius 3 is 2.77 bits per heavy atom. The molecule has 2 atom stereocenters. The Kier molecular flexibility index (Phi) is 3.74. The second-order valence-electron chi connectivity index (χ2n) is 4.65. The third kappa shape index (κ3) is 2.44. The molecule has 13 heavy (non-hydrogen) atoms.